The summed E-state index contributed by atoms with van der Waals surface area (Å²) in [5.41, 5.74) is 0.202. The van der Waals surface area contributed by atoms with Crippen LogP contribution in [0.5, 0.6) is 5.75 Å². The van der Waals surface area contributed by atoms with Crippen LogP contribution in [-0.2, 0) is 10.3 Å². The Bertz CT molecular complexity index is 575. The van der Waals surface area contributed by atoms with Crippen LogP contribution in [0.15, 0.2) is 46.6 Å². The first kappa shape index (κ1) is 14.9. The van der Waals surface area contributed by atoms with E-state index in [1.54, 1.807) is 13.2 Å². The monoisotopic (exact) mass is 287 g/mol. The Balaban J connectivity index is 2.26. The summed E-state index contributed by atoms with van der Waals surface area (Å²) in [6, 6.07) is 7.44. The third kappa shape index (κ3) is 3.53. The first-order chi connectivity index (χ1) is 10.1. The van der Waals surface area contributed by atoms with E-state index in [9.17, 15) is 4.79 Å². The second-order valence-electron chi connectivity index (χ2n) is 4.82. The lowest BCUT2D eigenvalue weighted by Gasteiger charge is -2.27. The SMILES string of the molecule is COc1ccc(C2(CCCC(=O)O)C=CC(=N)N=N2)cc1. The number of carbonyl (C=O) groups is 1. The fourth-order valence-corrected chi connectivity index (χ4v) is 2.25. The number of amidine groups is 1. The minimum Gasteiger partial charge on any atom is -0.497 e. The third-order valence-corrected chi connectivity index (χ3v) is 3.39. The zero-order chi connectivity index (χ0) is 15.3. The Kier molecular flexibility index (Phi) is 4.47. The van der Waals surface area contributed by atoms with Gasteiger partial charge in [0.1, 0.15) is 11.3 Å². The summed E-state index contributed by atoms with van der Waals surface area (Å²) in [6.45, 7) is 0. The van der Waals surface area contributed by atoms with E-state index in [0.29, 0.717) is 12.8 Å². The molecule has 1 aromatic rings. The molecule has 6 nitrogen and oxygen atoms in total. The number of carboxylic acids is 1. The van der Waals surface area contributed by atoms with Gasteiger partial charge in [0.25, 0.3) is 0 Å². The van der Waals surface area contributed by atoms with E-state index < -0.39 is 11.5 Å². The van der Waals surface area contributed by atoms with E-state index in [2.05, 4.69) is 10.2 Å². The van der Waals surface area contributed by atoms with Crippen LogP contribution in [0.1, 0.15) is 24.8 Å². The highest BCUT2D eigenvalue weighted by molar-refractivity contribution is 5.91. The normalized spacial score (nSPS) is 20.5. The number of azo groups is 1. The molecular formula is C15H17N3O3. The van der Waals surface area contributed by atoms with E-state index in [4.69, 9.17) is 15.3 Å². The number of aliphatic carboxylic acids is 1. The largest absolute Gasteiger partial charge is 0.497 e. The van der Waals surface area contributed by atoms with E-state index in [-0.39, 0.29) is 12.3 Å². The van der Waals surface area contributed by atoms with E-state index in [1.807, 2.05) is 30.3 Å². The quantitative estimate of drug-likeness (QED) is 0.841. The second-order valence-corrected chi connectivity index (χ2v) is 4.82. The lowest BCUT2D eigenvalue weighted by Crippen LogP contribution is -2.23. The van der Waals surface area contributed by atoms with Crippen molar-refractivity contribution >= 4 is 11.8 Å². The van der Waals surface area contributed by atoms with Crippen molar-refractivity contribution in [1.29, 1.82) is 5.41 Å². The number of carboxylic acid groups (broad SMARTS) is 1. The van der Waals surface area contributed by atoms with Gasteiger partial charge in [0, 0.05) is 6.42 Å². The lowest BCUT2D eigenvalue weighted by atomic mass is 9.84. The second kappa shape index (κ2) is 6.30. The van der Waals surface area contributed by atoms with E-state index in [1.165, 1.54) is 0 Å². The molecule has 1 atom stereocenters. The standard InChI is InChI=1S/C15H17N3O3/c1-21-12-6-4-11(5-7-12)15(9-2-3-14(19)20)10-8-13(16)17-18-15/h4-8,10,16H,2-3,9H2,1H3,(H,19,20). The third-order valence-electron chi connectivity index (χ3n) is 3.39. The van der Waals surface area contributed by atoms with Gasteiger partial charge in [-0.15, -0.1) is 5.11 Å². The Morgan fingerprint density at radius 3 is 2.62 bits per heavy atom. The molecule has 0 aliphatic carbocycles. The minimum absolute atomic E-state index is 0.0821. The van der Waals surface area contributed by atoms with Crippen molar-refractivity contribution in [3.05, 3.63) is 42.0 Å². The number of ether oxygens (including phenoxy) is 1. The average Bonchev–Trinajstić information content (AvgIpc) is 2.49. The molecule has 0 bridgehead atoms. The summed E-state index contributed by atoms with van der Waals surface area (Å²) in [6.07, 6.45) is 4.50. The first-order valence-electron chi connectivity index (χ1n) is 6.63. The molecule has 0 spiro atoms. The molecule has 0 radical (unpaired) electrons. The molecule has 21 heavy (non-hydrogen) atoms. The highest BCUT2D eigenvalue weighted by Crippen LogP contribution is 2.36. The number of rotatable bonds is 6. The van der Waals surface area contributed by atoms with E-state index in [0.717, 1.165) is 11.3 Å². The van der Waals surface area contributed by atoms with Crippen molar-refractivity contribution in [1.82, 2.24) is 0 Å². The fraction of sp³-hybridized carbons (Fsp3) is 0.333. The van der Waals surface area contributed by atoms with Gasteiger partial charge in [-0.05, 0) is 42.7 Å². The van der Waals surface area contributed by atoms with Crippen LogP contribution in [-0.4, -0.2) is 24.0 Å². The zero-order valence-corrected chi connectivity index (χ0v) is 11.7. The van der Waals surface area contributed by atoms with Crippen molar-refractivity contribution in [3.8, 4) is 5.75 Å². The van der Waals surface area contributed by atoms with Gasteiger partial charge in [0.2, 0.25) is 0 Å². The van der Waals surface area contributed by atoms with Crippen LogP contribution >= 0.6 is 0 Å². The Labute approximate surface area is 122 Å². The van der Waals surface area contributed by atoms with Gasteiger partial charge in [0.15, 0.2) is 5.84 Å². The molecule has 6 heteroatoms. The van der Waals surface area contributed by atoms with Gasteiger partial charge in [-0.1, -0.05) is 12.1 Å². The van der Waals surface area contributed by atoms with Gasteiger partial charge < -0.3 is 9.84 Å². The van der Waals surface area contributed by atoms with Gasteiger partial charge in [0.05, 0.1) is 7.11 Å². The molecule has 1 aromatic carbocycles. The molecular weight excluding hydrogens is 270 g/mol. The van der Waals surface area contributed by atoms with Crippen molar-refractivity contribution in [2.75, 3.05) is 7.11 Å². The number of benzene rings is 1. The molecule has 1 unspecified atom stereocenters. The number of nitrogens with one attached hydrogen (secondary N) is 1. The van der Waals surface area contributed by atoms with Crippen molar-refractivity contribution in [2.45, 2.75) is 24.8 Å². The molecule has 0 aromatic heterocycles. The number of hydrogen-bond acceptors (Lipinski definition) is 4. The van der Waals surface area contributed by atoms with Crippen LogP contribution in [0.2, 0.25) is 0 Å². The predicted octanol–water partition coefficient (Wildman–Crippen LogP) is 3.14. The maximum atomic E-state index is 10.7. The van der Waals surface area contributed by atoms with Crippen LogP contribution in [0.3, 0.4) is 0 Å². The van der Waals surface area contributed by atoms with Gasteiger partial charge in [-0.3, -0.25) is 10.2 Å². The summed E-state index contributed by atoms with van der Waals surface area (Å²) in [7, 11) is 1.60. The Morgan fingerprint density at radius 1 is 1.38 bits per heavy atom. The molecule has 0 fully saturated rings. The smallest absolute Gasteiger partial charge is 0.303 e. The Hall–Kier alpha value is -2.50. The summed E-state index contributed by atoms with van der Waals surface area (Å²) in [5.74, 6) is 0.00521. The van der Waals surface area contributed by atoms with Crippen LogP contribution < -0.4 is 4.74 Å². The lowest BCUT2D eigenvalue weighted by molar-refractivity contribution is -0.137. The summed E-state index contributed by atoms with van der Waals surface area (Å²) >= 11 is 0. The number of nitrogens with zero attached hydrogens (tertiary/aromatic N) is 2. The molecule has 0 saturated carbocycles. The summed E-state index contributed by atoms with van der Waals surface area (Å²) in [5, 5.41) is 24.3. The average molecular weight is 287 g/mol. The highest BCUT2D eigenvalue weighted by atomic mass is 16.5. The van der Waals surface area contributed by atoms with Crippen molar-refractivity contribution in [2.24, 2.45) is 10.2 Å². The maximum absolute atomic E-state index is 10.7. The molecule has 1 aliphatic heterocycles. The van der Waals surface area contributed by atoms with Gasteiger partial charge >= 0.3 is 5.97 Å². The highest BCUT2D eigenvalue weighted by Gasteiger charge is 2.31. The molecule has 0 saturated heterocycles. The fourth-order valence-electron chi connectivity index (χ4n) is 2.25. The molecule has 2 N–H and O–H groups in total. The Morgan fingerprint density at radius 2 is 2.10 bits per heavy atom. The summed E-state index contributed by atoms with van der Waals surface area (Å²) in [4.78, 5) is 10.7. The molecule has 1 heterocycles. The van der Waals surface area contributed by atoms with Crippen molar-refractivity contribution < 1.29 is 14.6 Å². The topological polar surface area (TPSA) is 95.1 Å². The molecule has 0 amide bonds. The van der Waals surface area contributed by atoms with Gasteiger partial charge in [-0.2, -0.15) is 5.11 Å². The molecule has 110 valence electrons. The van der Waals surface area contributed by atoms with Gasteiger partial charge in [-0.25, -0.2) is 0 Å². The maximum Gasteiger partial charge on any atom is 0.303 e. The molecule has 1 aliphatic rings. The predicted molar refractivity (Wildman–Crippen MR) is 77.9 cm³/mol. The number of hydrogen-bond donors (Lipinski definition) is 2. The van der Waals surface area contributed by atoms with Crippen LogP contribution in [0, 0.1) is 5.41 Å². The minimum atomic E-state index is -0.829. The number of methoxy groups -OCH3 is 1. The van der Waals surface area contributed by atoms with Crippen LogP contribution in [0.4, 0.5) is 0 Å². The van der Waals surface area contributed by atoms with E-state index >= 15 is 0 Å². The molecule has 2 rings (SSSR count). The first-order valence-corrected chi connectivity index (χ1v) is 6.63. The van der Waals surface area contributed by atoms with Crippen molar-refractivity contribution in [3.63, 3.8) is 0 Å². The zero-order valence-electron chi connectivity index (χ0n) is 11.7. The van der Waals surface area contributed by atoms with Crippen LogP contribution in [0.25, 0.3) is 0 Å². The summed E-state index contributed by atoms with van der Waals surface area (Å²) < 4.78 is 5.14.